The predicted octanol–water partition coefficient (Wildman–Crippen LogP) is 3.91. The first-order valence-electron chi connectivity index (χ1n) is 12.1. The van der Waals surface area contributed by atoms with Crippen LogP contribution >= 0.6 is 0 Å². The molecule has 5 rings (SSSR count). The summed E-state index contributed by atoms with van der Waals surface area (Å²) in [7, 11) is 2.08. The van der Waals surface area contributed by atoms with Crippen molar-refractivity contribution >= 4 is 39.9 Å². The van der Waals surface area contributed by atoms with Crippen LogP contribution in [0.15, 0.2) is 67.0 Å². The Morgan fingerprint density at radius 2 is 1.81 bits per heavy atom. The summed E-state index contributed by atoms with van der Waals surface area (Å²) in [4.78, 5) is 34.1. The molecule has 4 aromatic rings. The van der Waals surface area contributed by atoms with E-state index in [0.717, 1.165) is 48.3 Å². The SMILES string of the molecule is CN1CCN(C(=O)CCc2ccc(NC(=O)c3cccnc3Nc3ccc4cn[nH]c4c3)cc2)CC1.[HH]. The van der Waals surface area contributed by atoms with Gasteiger partial charge in [-0.05, 0) is 61.5 Å². The van der Waals surface area contributed by atoms with Crippen molar-refractivity contribution in [3.63, 3.8) is 0 Å². The van der Waals surface area contributed by atoms with E-state index in [1.165, 1.54) is 0 Å². The Morgan fingerprint density at radius 1 is 1.03 bits per heavy atom. The molecule has 0 unspecified atom stereocenters. The Hall–Kier alpha value is -4.24. The van der Waals surface area contributed by atoms with E-state index < -0.39 is 0 Å². The minimum atomic E-state index is -0.258. The van der Waals surface area contributed by atoms with Crippen molar-refractivity contribution in [3.05, 3.63) is 78.1 Å². The highest BCUT2D eigenvalue weighted by atomic mass is 16.2. The molecule has 3 N–H and O–H groups in total. The minimum Gasteiger partial charge on any atom is -0.340 e. The van der Waals surface area contributed by atoms with Crippen molar-refractivity contribution < 1.29 is 11.0 Å². The van der Waals surface area contributed by atoms with Crippen molar-refractivity contribution in [1.29, 1.82) is 0 Å². The summed E-state index contributed by atoms with van der Waals surface area (Å²) in [6.45, 7) is 3.44. The number of aromatic amines is 1. The molecule has 2 aromatic carbocycles. The van der Waals surface area contributed by atoms with E-state index in [-0.39, 0.29) is 13.2 Å². The van der Waals surface area contributed by atoms with E-state index in [1.807, 2.05) is 47.4 Å². The van der Waals surface area contributed by atoms with Crippen LogP contribution < -0.4 is 10.6 Å². The van der Waals surface area contributed by atoms with Gasteiger partial charge in [-0.15, -0.1) is 0 Å². The Bertz CT molecular complexity index is 1360. The first-order valence-corrected chi connectivity index (χ1v) is 12.1. The lowest BCUT2D eigenvalue weighted by molar-refractivity contribution is -0.132. The third-order valence-corrected chi connectivity index (χ3v) is 6.45. The molecule has 186 valence electrons. The van der Waals surface area contributed by atoms with Crippen molar-refractivity contribution in [3.8, 4) is 0 Å². The lowest BCUT2D eigenvalue weighted by atomic mass is 10.1. The van der Waals surface area contributed by atoms with Gasteiger partial charge in [0.25, 0.3) is 5.91 Å². The van der Waals surface area contributed by atoms with Crippen molar-refractivity contribution in [2.24, 2.45) is 0 Å². The second-order valence-electron chi connectivity index (χ2n) is 9.03. The number of hydrogen-bond acceptors (Lipinski definition) is 6. The number of likely N-dealkylation sites (N-methyl/N-ethyl adjacent to an activating group) is 1. The summed E-state index contributed by atoms with van der Waals surface area (Å²) in [5.74, 6) is 0.405. The maximum atomic E-state index is 13.0. The molecule has 0 aliphatic carbocycles. The minimum absolute atomic E-state index is 0. The Kier molecular flexibility index (Phi) is 6.90. The number of pyridine rings is 1. The van der Waals surface area contributed by atoms with E-state index in [2.05, 4.69) is 37.8 Å². The van der Waals surface area contributed by atoms with Crippen LogP contribution in [0.5, 0.6) is 0 Å². The lowest BCUT2D eigenvalue weighted by Gasteiger charge is -2.32. The number of nitrogens with zero attached hydrogens (tertiary/aromatic N) is 4. The number of hydrogen-bond donors (Lipinski definition) is 3. The number of aryl methyl sites for hydroxylation is 1. The molecule has 0 spiro atoms. The summed E-state index contributed by atoms with van der Waals surface area (Å²) in [5, 5.41) is 14.2. The second kappa shape index (κ2) is 10.6. The monoisotopic (exact) mass is 485 g/mol. The number of piperazine rings is 1. The van der Waals surface area contributed by atoms with Gasteiger partial charge < -0.3 is 20.4 Å². The highest BCUT2D eigenvalue weighted by Crippen LogP contribution is 2.23. The van der Waals surface area contributed by atoms with E-state index >= 15 is 0 Å². The summed E-state index contributed by atoms with van der Waals surface area (Å²) >= 11 is 0. The van der Waals surface area contributed by atoms with Gasteiger partial charge in [0.15, 0.2) is 0 Å². The Labute approximate surface area is 211 Å². The molecule has 1 aliphatic heterocycles. The third kappa shape index (κ3) is 5.52. The largest absolute Gasteiger partial charge is 0.340 e. The molecule has 2 aromatic heterocycles. The number of fused-ring (bicyclic) bond motifs is 1. The first-order chi connectivity index (χ1) is 17.5. The number of carbonyl (C=O) groups is 2. The smallest absolute Gasteiger partial charge is 0.259 e. The average molecular weight is 486 g/mol. The van der Waals surface area contributed by atoms with Gasteiger partial charge >= 0.3 is 0 Å². The summed E-state index contributed by atoms with van der Waals surface area (Å²) < 4.78 is 0. The fourth-order valence-corrected chi connectivity index (χ4v) is 4.26. The molecular formula is C27H31N7O2. The molecule has 2 amide bonds. The van der Waals surface area contributed by atoms with Crippen LogP contribution in [0.4, 0.5) is 17.2 Å². The maximum Gasteiger partial charge on any atom is 0.259 e. The van der Waals surface area contributed by atoms with Gasteiger partial charge in [-0.3, -0.25) is 14.7 Å². The number of aromatic nitrogens is 3. The molecule has 3 heterocycles. The van der Waals surface area contributed by atoms with Gasteiger partial charge in [-0.25, -0.2) is 4.98 Å². The molecule has 1 saturated heterocycles. The van der Waals surface area contributed by atoms with Gasteiger partial charge in [0, 0.05) is 57.0 Å². The van der Waals surface area contributed by atoms with Crippen LogP contribution in [0.25, 0.3) is 10.9 Å². The zero-order valence-electron chi connectivity index (χ0n) is 20.2. The van der Waals surface area contributed by atoms with E-state index in [1.54, 1.807) is 24.5 Å². The molecule has 0 atom stereocenters. The number of amides is 2. The van der Waals surface area contributed by atoms with Gasteiger partial charge in [0.05, 0.1) is 17.3 Å². The van der Waals surface area contributed by atoms with Crippen LogP contribution in [-0.2, 0) is 11.2 Å². The van der Waals surface area contributed by atoms with Crippen LogP contribution in [0.2, 0.25) is 0 Å². The zero-order valence-corrected chi connectivity index (χ0v) is 20.2. The number of H-pyrrole nitrogens is 1. The van der Waals surface area contributed by atoms with Crippen molar-refractivity contribution in [2.45, 2.75) is 12.8 Å². The molecule has 9 heteroatoms. The zero-order chi connectivity index (χ0) is 24.9. The van der Waals surface area contributed by atoms with Crippen LogP contribution in [0, 0.1) is 0 Å². The quantitative estimate of drug-likeness (QED) is 0.367. The molecule has 0 radical (unpaired) electrons. The number of nitrogens with one attached hydrogen (secondary N) is 3. The van der Waals surface area contributed by atoms with E-state index in [4.69, 9.17) is 0 Å². The topological polar surface area (TPSA) is 106 Å². The molecule has 9 nitrogen and oxygen atoms in total. The van der Waals surface area contributed by atoms with Gasteiger partial charge in [0.1, 0.15) is 5.82 Å². The third-order valence-electron chi connectivity index (χ3n) is 6.45. The number of rotatable bonds is 7. The average Bonchev–Trinajstić information content (AvgIpc) is 3.37. The molecule has 0 saturated carbocycles. The summed E-state index contributed by atoms with van der Waals surface area (Å²) in [6, 6.07) is 16.9. The molecule has 1 fully saturated rings. The normalized spacial score (nSPS) is 14.1. The molecule has 0 bridgehead atoms. The summed E-state index contributed by atoms with van der Waals surface area (Å²) in [5.41, 5.74) is 3.88. The van der Waals surface area contributed by atoms with Crippen molar-refractivity contribution in [2.75, 3.05) is 43.9 Å². The van der Waals surface area contributed by atoms with Crippen LogP contribution in [0.1, 0.15) is 23.8 Å². The number of benzene rings is 2. The Morgan fingerprint density at radius 3 is 2.61 bits per heavy atom. The fourth-order valence-electron chi connectivity index (χ4n) is 4.26. The molecule has 36 heavy (non-hydrogen) atoms. The molecular weight excluding hydrogens is 454 g/mol. The van der Waals surface area contributed by atoms with Crippen LogP contribution in [-0.4, -0.2) is 70.0 Å². The highest BCUT2D eigenvalue weighted by Gasteiger charge is 2.18. The highest BCUT2D eigenvalue weighted by molar-refractivity contribution is 6.07. The number of carbonyl (C=O) groups excluding carboxylic acids is 2. The lowest BCUT2D eigenvalue weighted by Crippen LogP contribution is -2.47. The molecule has 1 aliphatic rings. The second-order valence-corrected chi connectivity index (χ2v) is 9.03. The standard InChI is InChI=1S/C27H29N7O2.H2/c1-33-13-15-34(16-14-33)25(35)11-6-19-4-8-21(9-5-19)31-27(36)23-3-2-12-28-26(23)30-22-10-7-20-18-29-32-24(20)17-22;/h2-5,7-10,12,17-18H,6,11,13-16H2,1H3,(H,28,30)(H,29,32)(H,31,36);1H. The van der Waals surface area contributed by atoms with Crippen LogP contribution in [0.3, 0.4) is 0 Å². The summed E-state index contributed by atoms with van der Waals surface area (Å²) in [6.07, 6.45) is 4.57. The van der Waals surface area contributed by atoms with E-state index in [9.17, 15) is 9.59 Å². The fraction of sp³-hybridized carbons (Fsp3) is 0.259. The number of anilines is 3. The van der Waals surface area contributed by atoms with Gasteiger partial charge in [-0.2, -0.15) is 5.10 Å². The Balaban J connectivity index is 0.00000320. The van der Waals surface area contributed by atoms with Crippen molar-refractivity contribution in [1.82, 2.24) is 25.0 Å². The predicted molar refractivity (Wildman–Crippen MR) is 143 cm³/mol. The van der Waals surface area contributed by atoms with Gasteiger partial charge in [0.2, 0.25) is 5.91 Å². The van der Waals surface area contributed by atoms with E-state index in [0.29, 0.717) is 29.9 Å². The maximum absolute atomic E-state index is 13.0. The van der Waals surface area contributed by atoms with Gasteiger partial charge in [-0.1, -0.05) is 12.1 Å². The first kappa shape index (κ1) is 23.5.